The Morgan fingerprint density at radius 1 is 1.19 bits per heavy atom. The molecule has 0 aliphatic heterocycles. The molecule has 0 atom stereocenters. The summed E-state index contributed by atoms with van der Waals surface area (Å²) in [5.41, 5.74) is 10.1. The van der Waals surface area contributed by atoms with Crippen LogP contribution in [0.3, 0.4) is 0 Å². The molecular formula is C21H27Cl2FN4O2S. The topological polar surface area (TPSA) is 81.2 Å². The third-order valence-electron chi connectivity index (χ3n) is 4.86. The smallest absolute Gasteiger partial charge is 0.242 e. The van der Waals surface area contributed by atoms with Gasteiger partial charge in [0.25, 0.3) is 0 Å². The number of rotatable bonds is 6. The van der Waals surface area contributed by atoms with Crippen molar-refractivity contribution in [2.75, 3.05) is 20.6 Å². The van der Waals surface area contributed by atoms with E-state index in [1.807, 2.05) is 36.6 Å². The predicted octanol–water partition coefficient (Wildman–Crippen LogP) is 4.23. The minimum Gasteiger partial charge on any atom is -0.336 e. The van der Waals surface area contributed by atoms with Gasteiger partial charge < -0.3 is 10.3 Å². The molecule has 0 saturated heterocycles. The molecule has 31 heavy (non-hydrogen) atoms. The minimum atomic E-state index is -3.58. The number of nitrogens with zero attached hydrogens (tertiary/aromatic N) is 3. The van der Waals surface area contributed by atoms with E-state index in [1.54, 1.807) is 18.2 Å². The number of hydrogen-bond donors (Lipinski definition) is 1. The van der Waals surface area contributed by atoms with Crippen molar-refractivity contribution in [2.45, 2.75) is 25.3 Å². The second-order valence-corrected chi connectivity index (χ2v) is 9.22. The second kappa shape index (κ2) is 10.6. The number of hydrogen-bond acceptors (Lipinski definition) is 4. The Bertz CT molecular complexity index is 1210. The number of benzene rings is 1. The molecule has 0 saturated carbocycles. The fourth-order valence-corrected chi connectivity index (χ4v) is 4.30. The van der Waals surface area contributed by atoms with Gasteiger partial charge in [-0.2, -0.15) is 0 Å². The van der Waals surface area contributed by atoms with Crippen LogP contribution in [0, 0.1) is 13.8 Å². The van der Waals surface area contributed by atoms with Gasteiger partial charge in [0, 0.05) is 37.6 Å². The first kappa shape index (κ1) is 27.1. The van der Waals surface area contributed by atoms with Gasteiger partial charge in [-0.25, -0.2) is 17.1 Å². The summed E-state index contributed by atoms with van der Waals surface area (Å²) in [5, 5.41) is 0. The first-order valence-corrected chi connectivity index (χ1v) is 10.6. The molecule has 2 N–H and O–H groups in total. The van der Waals surface area contributed by atoms with E-state index in [-0.39, 0.29) is 48.6 Å². The Kier molecular flexibility index (Phi) is 9.22. The standard InChI is InChI=1S/C21H25FN4O2S.2ClH/c1-14-8-9-19-21(24-14)20(15(2)26(19)13-17(22)10-11-23)16-6-5-7-18(12-16)29(27,28)25(3)4;;/h5-10,12H,11,13,23H2,1-4H3;2*1H. The van der Waals surface area contributed by atoms with E-state index in [4.69, 9.17) is 5.73 Å². The van der Waals surface area contributed by atoms with Crippen LogP contribution < -0.4 is 5.73 Å². The van der Waals surface area contributed by atoms with Gasteiger partial charge in [0.05, 0.1) is 22.5 Å². The average Bonchev–Trinajstić information content (AvgIpc) is 2.92. The largest absolute Gasteiger partial charge is 0.336 e. The number of halogens is 3. The highest BCUT2D eigenvalue weighted by atomic mass is 35.5. The summed E-state index contributed by atoms with van der Waals surface area (Å²) in [4.78, 5) is 4.86. The van der Waals surface area contributed by atoms with E-state index in [2.05, 4.69) is 4.98 Å². The van der Waals surface area contributed by atoms with Crippen LogP contribution in [0.15, 0.2) is 53.2 Å². The van der Waals surface area contributed by atoms with Gasteiger partial charge in [0.1, 0.15) is 5.83 Å². The van der Waals surface area contributed by atoms with Gasteiger partial charge in [-0.05, 0) is 49.8 Å². The summed E-state index contributed by atoms with van der Waals surface area (Å²) >= 11 is 0. The molecule has 0 aliphatic carbocycles. The zero-order valence-corrected chi connectivity index (χ0v) is 20.2. The van der Waals surface area contributed by atoms with Crippen molar-refractivity contribution in [3.8, 4) is 11.1 Å². The van der Waals surface area contributed by atoms with Gasteiger partial charge in [0.2, 0.25) is 10.0 Å². The molecule has 3 rings (SSSR count). The number of fused-ring (bicyclic) bond motifs is 1. The zero-order chi connectivity index (χ0) is 21.3. The Morgan fingerprint density at radius 2 is 1.87 bits per heavy atom. The van der Waals surface area contributed by atoms with Gasteiger partial charge in [-0.3, -0.25) is 4.98 Å². The molecule has 0 radical (unpaired) electrons. The number of aromatic nitrogens is 2. The van der Waals surface area contributed by atoms with E-state index in [0.29, 0.717) is 5.52 Å². The van der Waals surface area contributed by atoms with E-state index in [9.17, 15) is 12.8 Å². The molecule has 170 valence electrons. The van der Waals surface area contributed by atoms with Gasteiger partial charge >= 0.3 is 0 Å². The van der Waals surface area contributed by atoms with Crippen LogP contribution in [-0.2, 0) is 16.6 Å². The fourth-order valence-electron chi connectivity index (χ4n) is 3.35. The SMILES string of the molecule is Cc1ccc2c(n1)c(-c1cccc(S(=O)(=O)N(C)C)c1)c(C)n2CC(F)=CCN.Cl.Cl. The predicted molar refractivity (Wildman–Crippen MR) is 128 cm³/mol. The number of aryl methyl sites for hydroxylation is 1. The Balaban J connectivity index is 0.00000240. The van der Waals surface area contributed by atoms with Gasteiger partial charge in [0.15, 0.2) is 0 Å². The molecule has 0 bridgehead atoms. The number of sulfonamides is 1. The van der Waals surface area contributed by atoms with Crippen LogP contribution in [0.4, 0.5) is 4.39 Å². The van der Waals surface area contributed by atoms with Crippen LogP contribution in [0.2, 0.25) is 0 Å². The molecule has 0 fully saturated rings. The molecule has 2 aromatic heterocycles. The molecule has 0 aliphatic rings. The van der Waals surface area contributed by atoms with Crippen LogP contribution in [0.1, 0.15) is 11.4 Å². The molecule has 10 heteroatoms. The van der Waals surface area contributed by atoms with E-state index < -0.39 is 10.0 Å². The molecule has 0 amide bonds. The van der Waals surface area contributed by atoms with Gasteiger partial charge in [-0.1, -0.05) is 12.1 Å². The third-order valence-corrected chi connectivity index (χ3v) is 6.67. The Hall–Kier alpha value is -1.97. The van der Waals surface area contributed by atoms with E-state index >= 15 is 0 Å². The van der Waals surface area contributed by atoms with Crippen molar-refractivity contribution in [1.29, 1.82) is 0 Å². The highest BCUT2D eigenvalue weighted by Gasteiger charge is 2.21. The van der Waals surface area contributed by atoms with Crippen LogP contribution in [-0.4, -0.2) is 42.9 Å². The van der Waals surface area contributed by atoms with Crippen molar-refractivity contribution in [3.63, 3.8) is 0 Å². The normalized spacial score (nSPS) is 12.0. The lowest BCUT2D eigenvalue weighted by molar-refractivity contribution is 0.521. The maximum Gasteiger partial charge on any atom is 0.242 e. The van der Waals surface area contributed by atoms with Crippen LogP contribution in [0.25, 0.3) is 22.2 Å². The molecule has 0 spiro atoms. The maximum atomic E-state index is 14.3. The number of nitrogens with two attached hydrogens (primary N) is 1. The fraction of sp³-hybridized carbons (Fsp3) is 0.286. The number of pyridine rings is 1. The monoisotopic (exact) mass is 488 g/mol. The maximum absolute atomic E-state index is 14.3. The summed E-state index contributed by atoms with van der Waals surface area (Å²) in [7, 11) is -0.585. The van der Waals surface area contributed by atoms with Crippen molar-refractivity contribution in [1.82, 2.24) is 13.9 Å². The van der Waals surface area contributed by atoms with Gasteiger partial charge in [-0.15, -0.1) is 24.8 Å². The second-order valence-electron chi connectivity index (χ2n) is 7.07. The lowest BCUT2D eigenvalue weighted by atomic mass is 10.1. The minimum absolute atomic E-state index is 0. The number of allylic oxidation sites excluding steroid dienone is 1. The summed E-state index contributed by atoms with van der Waals surface area (Å²) in [5.74, 6) is -0.330. The molecule has 1 aromatic carbocycles. The quantitative estimate of drug-likeness (QED) is 0.562. The van der Waals surface area contributed by atoms with Crippen LogP contribution >= 0.6 is 24.8 Å². The molecule has 3 aromatic rings. The first-order chi connectivity index (χ1) is 13.7. The average molecular weight is 489 g/mol. The van der Waals surface area contributed by atoms with E-state index in [0.717, 1.165) is 28.0 Å². The highest BCUT2D eigenvalue weighted by Crippen LogP contribution is 2.35. The van der Waals surface area contributed by atoms with Crippen molar-refractivity contribution < 1.29 is 12.8 Å². The Morgan fingerprint density at radius 3 is 2.48 bits per heavy atom. The first-order valence-electron chi connectivity index (χ1n) is 9.20. The summed E-state index contributed by atoms with van der Waals surface area (Å²) in [6.07, 6.45) is 1.34. The molecule has 2 heterocycles. The van der Waals surface area contributed by atoms with Crippen molar-refractivity contribution >= 4 is 45.9 Å². The van der Waals surface area contributed by atoms with Crippen LogP contribution in [0.5, 0.6) is 0 Å². The Labute approximate surface area is 194 Å². The molecule has 0 unspecified atom stereocenters. The van der Waals surface area contributed by atoms with Crippen molar-refractivity contribution in [2.24, 2.45) is 5.73 Å². The summed E-state index contributed by atoms with van der Waals surface area (Å²) < 4.78 is 42.4. The van der Waals surface area contributed by atoms with Crippen molar-refractivity contribution in [3.05, 3.63) is 59.7 Å². The summed E-state index contributed by atoms with van der Waals surface area (Å²) in [6.45, 7) is 3.94. The lowest BCUT2D eigenvalue weighted by Crippen LogP contribution is -2.22. The molecule has 6 nitrogen and oxygen atoms in total. The third kappa shape index (κ3) is 5.27. The summed E-state index contributed by atoms with van der Waals surface area (Å²) in [6, 6.07) is 10.5. The highest BCUT2D eigenvalue weighted by molar-refractivity contribution is 7.89. The lowest BCUT2D eigenvalue weighted by Gasteiger charge is -2.12. The zero-order valence-electron chi connectivity index (χ0n) is 17.8. The van der Waals surface area contributed by atoms with E-state index in [1.165, 1.54) is 24.5 Å². The molecular weight excluding hydrogens is 462 g/mol.